The molecule has 24 heavy (non-hydrogen) atoms. The van der Waals surface area contributed by atoms with Gasteiger partial charge in [-0.1, -0.05) is 58.4 Å². The van der Waals surface area contributed by atoms with E-state index in [0.29, 0.717) is 24.4 Å². The lowest BCUT2D eigenvalue weighted by Gasteiger charge is -2.21. The van der Waals surface area contributed by atoms with Crippen LogP contribution in [0.5, 0.6) is 0 Å². The SMILES string of the molecule is CCOC(=O)C1=C(c2ccc(Br)cc2)OC(c2ccccc2)=CC1. The zero-order chi connectivity index (χ0) is 16.9. The van der Waals surface area contributed by atoms with Crippen LogP contribution in [0.2, 0.25) is 0 Å². The number of hydrogen-bond donors (Lipinski definition) is 0. The van der Waals surface area contributed by atoms with E-state index in [4.69, 9.17) is 9.47 Å². The molecule has 0 N–H and O–H groups in total. The number of esters is 1. The fraction of sp³-hybridized carbons (Fsp3) is 0.150. The second-order valence-corrected chi connectivity index (χ2v) is 6.19. The first-order valence-electron chi connectivity index (χ1n) is 7.78. The fourth-order valence-corrected chi connectivity index (χ4v) is 2.77. The van der Waals surface area contributed by atoms with Gasteiger partial charge in [-0.2, -0.15) is 0 Å². The predicted octanol–water partition coefficient (Wildman–Crippen LogP) is 5.18. The molecule has 4 heteroatoms. The third-order valence-electron chi connectivity index (χ3n) is 3.66. The number of ether oxygens (including phenoxy) is 2. The Bertz CT molecular complexity index is 789. The molecule has 1 aliphatic heterocycles. The number of hydrogen-bond acceptors (Lipinski definition) is 3. The second kappa shape index (κ2) is 7.49. The summed E-state index contributed by atoms with van der Waals surface area (Å²) in [6, 6.07) is 17.6. The summed E-state index contributed by atoms with van der Waals surface area (Å²) in [5, 5.41) is 0. The summed E-state index contributed by atoms with van der Waals surface area (Å²) in [7, 11) is 0. The third kappa shape index (κ3) is 3.60. The van der Waals surface area contributed by atoms with E-state index in [2.05, 4.69) is 15.9 Å². The molecule has 0 saturated heterocycles. The third-order valence-corrected chi connectivity index (χ3v) is 4.19. The van der Waals surface area contributed by atoms with Crippen molar-refractivity contribution in [3.05, 3.63) is 81.8 Å². The Kier molecular flexibility index (Phi) is 5.16. The van der Waals surface area contributed by atoms with Crippen molar-refractivity contribution in [2.75, 3.05) is 6.61 Å². The van der Waals surface area contributed by atoms with Gasteiger partial charge in [-0.3, -0.25) is 0 Å². The molecule has 2 aromatic carbocycles. The molecule has 1 heterocycles. The van der Waals surface area contributed by atoms with Crippen molar-refractivity contribution in [3.8, 4) is 0 Å². The zero-order valence-corrected chi connectivity index (χ0v) is 14.9. The molecule has 0 radical (unpaired) electrons. The lowest BCUT2D eigenvalue weighted by atomic mass is 10.0. The highest BCUT2D eigenvalue weighted by atomic mass is 79.9. The maximum Gasteiger partial charge on any atom is 0.338 e. The predicted molar refractivity (Wildman–Crippen MR) is 97.8 cm³/mol. The topological polar surface area (TPSA) is 35.5 Å². The highest BCUT2D eigenvalue weighted by Gasteiger charge is 2.24. The normalized spacial score (nSPS) is 14.0. The number of carbonyl (C=O) groups excluding carboxylic acids is 1. The van der Waals surface area contributed by atoms with Gasteiger partial charge >= 0.3 is 5.97 Å². The Balaban J connectivity index is 1.99. The van der Waals surface area contributed by atoms with Gasteiger partial charge in [0.15, 0.2) is 0 Å². The number of carbonyl (C=O) groups is 1. The van der Waals surface area contributed by atoms with E-state index in [1.807, 2.05) is 60.7 Å². The van der Waals surface area contributed by atoms with Gasteiger partial charge < -0.3 is 9.47 Å². The smallest absolute Gasteiger partial charge is 0.338 e. The summed E-state index contributed by atoms with van der Waals surface area (Å²) in [6.45, 7) is 2.14. The lowest BCUT2D eigenvalue weighted by molar-refractivity contribution is -0.138. The molecule has 0 fully saturated rings. The fourth-order valence-electron chi connectivity index (χ4n) is 2.51. The number of allylic oxidation sites excluding steroid dienone is 1. The van der Waals surface area contributed by atoms with Crippen molar-refractivity contribution < 1.29 is 14.3 Å². The number of rotatable bonds is 4. The Labute approximate surface area is 149 Å². The van der Waals surface area contributed by atoms with E-state index in [0.717, 1.165) is 21.4 Å². The highest BCUT2D eigenvalue weighted by molar-refractivity contribution is 9.10. The summed E-state index contributed by atoms with van der Waals surface area (Å²) >= 11 is 3.43. The van der Waals surface area contributed by atoms with E-state index < -0.39 is 0 Å². The van der Waals surface area contributed by atoms with Gasteiger partial charge in [0.2, 0.25) is 0 Å². The van der Waals surface area contributed by atoms with Crippen LogP contribution in [-0.2, 0) is 14.3 Å². The Morgan fingerprint density at radius 1 is 1.08 bits per heavy atom. The van der Waals surface area contributed by atoms with Crippen molar-refractivity contribution in [3.63, 3.8) is 0 Å². The summed E-state index contributed by atoms with van der Waals surface area (Å²) in [4.78, 5) is 12.3. The molecule has 3 nitrogen and oxygen atoms in total. The molecule has 0 aromatic heterocycles. The summed E-state index contributed by atoms with van der Waals surface area (Å²) in [6.07, 6.45) is 2.40. The summed E-state index contributed by atoms with van der Waals surface area (Å²) in [5.74, 6) is 0.975. The monoisotopic (exact) mass is 384 g/mol. The van der Waals surface area contributed by atoms with Crippen LogP contribution in [0.3, 0.4) is 0 Å². The zero-order valence-electron chi connectivity index (χ0n) is 13.3. The number of benzene rings is 2. The molecule has 2 aromatic rings. The van der Waals surface area contributed by atoms with Crippen molar-refractivity contribution in [1.82, 2.24) is 0 Å². The van der Waals surface area contributed by atoms with Crippen LogP contribution in [-0.4, -0.2) is 12.6 Å². The molecular weight excluding hydrogens is 368 g/mol. The first kappa shape index (κ1) is 16.5. The van der Waals surface area contributed by atoms with Crippen LogP contribution in [0.4, 0.5) is 0 Å². The van der Waals surface area contributed by atoms with Gasteiger partial charge in [-0.05, 0) is 25.1 Å². The van der Waals surface area contributed by atoms with Gasteiger partial charge in [0, 0.05) is 22.0 Å². The highest BCUT2D eigenvalue weighted by Crippen LogP contribution is 2.35. The van der Waals surface area contributed by atoms with Crippen molar-refractivity contribution in [1.29, 1.82) is 0 Å². The minimum absolute atomic E-state index is 0.334. The van der Waals surface area contributed by atoms with E-state index in [1.165, 1.54) is 0 Å². The second-order valence-electron chi connectivity index (χ2n) is 5.28. The Morgan fingerprint density at radius 3 is 2.46 bits per heavy atom. The van der Waals surface area contributed by atoms with Crippen LogP contribution in [0.25, 0.3) is 11.5 Å². The molecule has 1 aliphatic rings. The van der Waals surface area contributed by atoms with Gasteiger partial charge in [-0.15, -0.1) is 0 Å². The lowest BCUT2D eigenvalue weighted by Crippen LogP contribution is -2.13. The number of halogens is 1. The average molecular weight is 385 g/mol. The molecule has 0 spiro atoms. The first-order valence-corrected chi connectivity index (χ1v) is 8.58. The molecule has 0 amide bonds. The average Bonchev–Trinajstić information content (AvgIpc) is 2.63. The van der Waals surface area contributed by atoms with Crippen LogP contribution < -0.4 is 0 Å². The molecular formula is C20H17BrO3. The van der Waals surface area contributed by atoms with E-state index in [1.54, 1.807) is 6.92 Å². The quantitative estimate of drug-likeness (QED) is 0.680. The molecule has 0 atom stereocenters. The largest absolute Gasteiger partial charge is 0.463 e. The maximum atomic E-state index is 12.3. The van der Waals surface area contributed by atoms with E-state index in [9.17, 15) is 4.79 Å². The van der Waals surface area contributed by atoms with Crippen molar-refractivity contribution in [2.45, 2.75) is 13.3 Å². The molecule has 0 saturated carbocycles. The minimum Gasteiger partial charge on any atom is -0.463 e. The molecule has 122 valence electrons. The van der Waals surface area contributed by atoms with Crippen LogP contribution >= 0.6 is 15.9 Å². The Hall–Kier alpha value is -2.33. The van der Waals surface area contributed by atoms with Gasteiger partial charge in [-0.25, -0.2) is 4.79 Å². The van der Waals surface area contributed by atoms with Gasteiger partial charge in [0.25, 0.3) is 0 Å². The summed E-state index contributed by atoms with van der Waals surface area (Å²) in [5.41, 5.74) is 2.37. The maximum absolute atomic E-state index is 12.3. The van der Waals surface area contributed by atoms with Crippen LogP contribution in [0.15, 0.2) is 70.7 Å². The standard InChI is InChI=1S/C20H17BrO3/c1-2-23-20(22)17-12-13-18(14-6-4-3-5-7-14)24-19(17)15-8-10-16(21)11-9-15/h3-11,13H,2,12H2,1H3. The van der Waals surface area contributed by atoms with Crippen LogP contribution in [0.1, 0.15) is 24.5 Å². The van der Waals surface area contributed by atoms with E-state index >= 15 is 0 Å². The molecule has 0 bridgehead atoms. The van der Waals surface area contributed by atoms with Crippen molar-refractivity contribution in [2.24, 2.45) is 0 Å². The molecule has 3 rings (SSSR count). The van der Waals surface area contributed by atoms with Gasteiger partial charge in [0.1, 0.15) is 11.5 Å². The first-order chi connectivity index (χ1) is 11.7. The minimum atomic E-state index is -0.334. The summed E-state index contributed by atoms with van der Waals surface area (Å²) < 4.78 is 12.3. The molecule has 0 unspecified atom stereocenters. The van der Waals surface area contributed by atoms with E-state index in [-0.39, 0.29) is 5.97 Å². The van der Waals surface area contributed by atoms with Crippen LogP contribution in [0, 0.1) is 0 Å². The molecule has 0 aliphatic carbocycles. The van der Waals surface area contributed by atoms with Gasteiger partial charge in [0.05, 0.1) is 12.2 Å². The Morgan fingerprint density at radius 2 is 1.79 bits per heavy atom. The van der Waals surface area contributed by atoms with Crippen molar-refractivity contribution >= 4 is 33.4 Å².